The number of fused-ring (bicyclic) bond motifs is 1. The maximum absolute atomic E-state index is 6.02. The molecule has 1 heterocycles. The van der Waals surface area contributed by atoms with Crippen LogP contribution < -0.4 is 23.7 Å². The molecule has 0 amide bonds. The van der Waals surface area contributed by atoms with E-state index >= 15 is 0 Å². The molecule has 0 spiro atoms. The lowest BCUT2D eigenvalue weighted by Gasteiger charge is -2.16. The average molecular weight is 434 g/mol. The molecule has 0 radical (unpaired) electrons. The number of benzene rings is 3. The van der Waals surface area contributed by atoms with E-state index in [-0.39, 0.29) is 0 Å². The first-order valence-corrected chi connectivity index (χ1v) is 10.2. The van der Waals surface area contributed by atoms with Crippen molar-refractivity contribution in [1.82, 2.24) is 9.55 Å². The second-order valence-corrected chi connectivity index (χ2v) is 6.99. The Morgan fingerprint density at radius 2 is 1.34 bits per heavy atom. The van der Waals surface area contributed by atoms with Crippen molar-refractivity contribution < 1.29 is 23.7 Å². The molecule has 0 N–H and O–H groups in total. The van der Waals surface area contributed by atoms with Crippen LogP contribution in [-0.2, 0) is 6.54 Å². The first-order valence-electron chi connectivity index (χ1n) is 10.2. The number of hydrogen-bond acceptors (Lipinski definition) is 6. The molecule has 0 aliphatic rings. The molecule has 7 heteroatoms. The second-order valence-electron chi connectivity index (χ2n) is 6.99. The van der Waals surface area contributed by atoms with Gasteiger partial charge in [0, 0.05) is 5.56 Å². The van der Waals surface area contributed by atoms with Crippen LogP contribution in [0.5, 0.6) is 28.7 Å². The van der Waals surface area contributed by atoms with Crippen LogP contribution in [0.1, 0.15) is 0 Å². The largest absolute Gasteiger partial charge is 0.493 e. The van der Waals surface area contributed by atoms with Gasteiger partial charge in [-0.2, -0.15) is 0 Å². The Morgan fingerprint density at radius 3 is 2.00 bits per heavy atom. The van der Waals surface area contributed by atoms with Gasteiger partial charge < -0.3 is 28.3 Å². The number of imidazole rings is 1. The van der Waals surface area contributed by atoms with Crippen molar-refractivity contribution in [2.75, 3.05) is 35.0 Å². The predicted octanol–water partition coefficient (Wildman–Crippen LogP) is 4.82. The maximum atomic E-state index is 6.02. The van der Waals surface area contributed by atoms with Crippen LogP contribution in [0.4, 0.5) is 0 Å². The normalized spacial score (nSPS) is 10.8. The Bertz CT molecular complexity index is 1190. The molecule has 0 saturated carbocycles. The Morgan fingerprint density at radius 1 is 0.719 bits per heavy atom. The summed E-state index contributed by atoms with van der Waals surface area (Å²) in [6, 6.07) is 19.4. The highest BCUT2D eigenvalue weighted by molar-refractivity contribution is 5.81. The number of methoxy groups -OCH3 is 4. The highest BCUT2D eigenvalue weighted by atomic mass is 16.5. The molecule has 4 rings (SSSR count). The third-order valence-electron chi connectivity index (χ3n) is 5.22. The van der Waals surface area contributed by atoms with Gasteiger partial charge in [0.1, 0.15) is 12.4 Å². The van der Waals surface area contributed by atoms with E-state index in [0.29, 0.717) is 41.9 Å². The summed E-state index contributed by atoms with van der Waals surface area (Å²) in [7, 11) is 6.43. The Labute approximate surface area is 187 Å². The number of nitrogens with zero attached hydrogens (tertiary/aromatic N) is 2. The highest BCUT2D eigenvalue weighted by Gasteiger charge is 2.19. The summed E-state index contributed by atoms with van der Waals surface area (Å²) in [4.78, 5) is 4.88. The minimum Gasteiger partial charge on any atom is -0.493 e. The zero-order valence-corrected chi connectivity index (χ0v) is 18.6. The lowest BCUT2D eigenvalue weighted by atomic mass is 10.1. The van der Waals surface area contributed by atoms with Crippen molar-refractivity contribution >= 4 is 11.0 Å². The quantitative estimate of drug-likeness (QED) is 0.376. The van der Waals surface area contributed by atoms with Gasteiger partial charge in [0.05, 0.1) is 46.0 Å². The zero-order chi connectivity index (χ0) is 22.5. The molecular weight excluding hydrogens is 408 g/mol. The van der Waals surface area contributed by atoms with Crippen LogP contribution in [0.15, 0.2) is 60.7 Å². The van der Waals surface area contributed by atoms with E-state index in [2.05, 4.69) is 4.57 Å². The van der Waals surface area contributed by atoms with Gasteiger partial charge in [0.25, 0.3) is 0 Å². The van der Waals surface area contributed by atoms with Crippen LogP contribution in [0.3, 0.4) is 0 Å². The van der Waals surface area contributed by atoms with Gasteiger partial charge in [-0.15, -0.1) is 0 Å². The average Bonchev–Trinajstić information content (AvgIpc) is 3.22. The first-order chi connectivity index (χ1) is 15.7. The van der Waals surface area contributed by atoms with E-state index in [1.54, 1.807) is 28.4 Å². The fourth-order valence-electron chi connectivity index (χ4n) is 3.72. The standard InChI is InChI=1S/C25H26N2O5/c1-28-20-11-7-8-12-21(20)32-14-13-27-19-10-6-5-9-18(19)26-25(27)17-15-22(29-2)24(31-4)23(16-17)30-3/h5-12,15-16H,13-14H2,1-4H3. The number of ether oxygens (including phenoxy) is 5. The van der Waals surface area contributed by atoms with E-state index in [9.17, 15) is 0 Å². The van der Waals surface area contributed by atoms with Gasteiger partial charge in [0.15, 0.2) is 23.0 Å². The molecule has 0 bridgehead atoms. The van der Waals surface area contributed by atoms with Crippen molar-refractivity contribution in [3.8, 4) is 40.1 Å². The van der Waals surface area contributed by atoms with Crippen molar-refractivity contribution in [2.45, 2.75) is 6.54 Å². The SMILES string of the molecule is COc1ccccc1OCCn1c(-c2cc(OC)c(OC)c(OC)c2)nc2ccccc21. The molecule has 7 nitrogen and oxygen atoms in total. The first kappa shape index (κ1) is 21.4. The molecule has 0 aliphatic heterocycles. The molecule has 166 valence electrons. The lowest BCUT2D eigenvalue weighted by molar-refractivity contribution is 0.281. The third-order valence-corrected chi connectivity index (χ3v) is 5.22. The fourth-order valence-corrected chi connectivity index (χ4v) is 3.72. The van der Waals surface area contributed by atoms with Crippen LogP contribution in [0, 0.1) is 0 Å². The molecule has 0 aliphatic carbocycles. The monoisotopic (exact) mass is 434 g/mol. The molecule has 0 saturated heterocycles. The van der Waals surface area contributed by atoms with Crippen molar-refractivity contribution in [2.24, 2.45) is 0 Å². The minimum absolute atomic E-state index is 0.443. The molecule has 3 aromatic carbocycles. The second kappa shape index (κ2) is 9.51. The summed E-state index contributed by atoms with van der Waals surface area (Å²) in [6.45, 7) is 1.03. The highest BCUT2D eigenvalue weighted by Crippen LogP contribution is 2.41. The molecule has 0 fully saturated rings. The van der Waals surface area contributed by atoms with Crippen molar-refractivity contribution in [3.63, 3.8) is 0 Å². The molecule has 32 heavy (non-hydrogen) atoms. The van der Waals surface area contributed by atoms with Crippen LogP contribution in [0.2, 0.25) is 0 Å². The van der Waals surface area contributed by atoms with E-state index in [0.717, 1.165) is 22.4 Å². The number of para-hydroxylation sites is 4. The number of rotatable bonds is 9. The van der Waals surface area contributed by atoms with Gasteiger partial charge in [-0.3, -0.25) is 0 Å². The zero-order valence-electron chi connectivity index (χ0n) is 18.6. The van der Waals surface area contributed by atoms with E-state index < -0.39 is 0 Å². The van der Waals surface area contributed by atoms with Crippen molar-refractivity contribution in [3.05, 3.63) is 60.7 Å². The molecule has 4 aromatic rings. The number of aromatic nitrogens is 2. The maximum Gasteiger partial charge on any atom is 0.203 e. The van der Waals surface area contributed by atoms with Gasteiger partial charge in [-0.1, -0.05) is 24.3 Å². The summed E-state index contributed by atoms with van der Waals surface area (Å²) in [6.07, 6.45) is 0. The van der Waals surface area contributed by atoms with Gasteiger partial charge in [0.2, 0.25) is 5.75 Å². The third kappa shape index (κ3) is 4.01. The summed E-state index contributed by atoms with van der Waals surface area (Å²) < 4.78 is 30.1. The fraction of sp³-hybridized carbons (Fsp3) is 0.240. The van der Waals surface area contributed by atoms with E-state index in [1.165, 1.54) is 0 Å². The van der Waals surface area contributed by atoms with E-state index in [4.69, 9.17) is 28.7 Å². The summed E-state index contributed by atoms with van der Waals surface area (Å²) >= 11 is 0. The molecule has 0 atom stereocenters. The smallest absolute Gasteiger partial charge is 0.203 e. The van der Waals surface area contributed by atoms with E-state index in [1.807, 2.05) is 60.7 Å². The van der Waals surface area contributed by atoms with Crippen LogP contribution in [0.25, 0.3) is 22.4 Å². The Balaban J connectivity index is 1.73. The van der Waals surface area contributed by atoms with Crippen LogP contribution in [-0.4, -0.2) is 44.6 Å². The van der Waals surface area contributed by atoms with Crippen molar-refractivity contribution in [1.29, 1.82) is 0 Å². The minimum atomic E-state index is 0.443. The summed E-state index contributed by atoms with van der Waals surface area (Å²) in [5.41, 5.74) is 2.77. The van der Waals surface area contributed by atoms with Gasteiger partial charge in [-0.25, -0.2) is 4.98 Å². The summed E-state index contributed by atoms with van der Waals surface area (Å²) in [5, 5.41) is 0. The van der Waals surface area contributed by atoms with Gasteiger partial charge >= 0.3 is 0 Å². The Hall–Kier alpha value is -3.87. The Kier molecular flexibility index (Phi) is 6.35. The van der Waals surface area contributed by atoms with Crippen LogP contribution >= 0.6 is 0 Å². The molecule has 0 unspecified atom stereocenters. The predicted molar refractivity (Wildman–Crippen MR) is 123 cm³/mol. The lowest BCUT2D eigenvalue weighted by Crippen LogP contribution is -2.10. The number of hydrogen-bond donors (Lipinski definition) is 0. The van der Waals surface area contributed by atoms with Gasteiger partial charge in [-0.05, 0) is 36.4 Å². The molecular formula is C25H26N2O5. The topological polar surface area (TPSA) is 64.0 Å². The molecule has 1 aromatic heterocycles. The summed E-state index contributed by atoms with van der Waals surface area (Å²) in [5.74, 6) is 3.88.